The SMILES string of the molecule is Cl.Cn1cc([C@H]2CNC[C@@H]2C(=O)N2CCCc3cc(OC(F)F)ccc32)cn1. The number of hydrogen-bond donors (Lipinski definition) is 1. The first kappa shape index (κ1) is 20.5. The normalized spacial score (nSPS) is 21.4. The van der Waals surface area contributed by atoms with Crippen molar-refractivity contribution in [2.24, 2.45) is 13.0 Å². The van der Waals surface area contributed by atoms with Crippen molar-refractivity contribution in [1.82, 2.24) is 15.1 Å². The second kappa shape index (κ2) is 8.45. The first-order chi connectivity index (χ1) is 13.0. The minimum atomic E-state index is -2.85. The summed E-state index contributed by atoms with van der Waals surface area (Å²) in [6.07, 6.45) is 5.31. The van der Waals surface area contributed by atoms with Crippen molar-refractivity contribution in [2.45, 2.75) is 25.4 Å². The summed E-state index contributed by atoms with van der Waals surface area (Å²) < 4.78 is 31.2. The van der Waals surface area contributed by atoms with E-state index in [9.17, 15) is 13.6 Å². The van der Waals surface area contributed by atoms with Gasteiger partial charge in [-0.2, -0.15) is 13.9 Å². The minimum Gasteiger partial charge on any atom is -0.435 e. The number of nitrogens with one attached hydrogen (secondary N) is 1. The van der Waals surface area contributed by atoms with Gasteiger partial charge in [0.15, 0.2) is 0 Å². The molecule has 1 aromatic carbocycles. The Hall–Kier alpha value is -2.19. The van der Waals surface area contributed by atoms with Gasteiger partial charge in [-0.05, 0) is 42.2 Å². The number of fused-ring (bicyclic) bond motifs is 1. The summed E-state index contributed by atoms with van der Waals surface area (Å²) in [6.45, 7) is -0.855. The number of aromatic nitrogens is 2. The molecule has 0 bridgehead atoms. The van der Waals surface area contributed by atoms with Crippen LogP contribution in [0.3, 0.4) is 0 Å². The van der Waals surface area contributed by atoms with Crippen molar-refractivity contribution in [3.8, 4) is 5.75 Å². The highest BCUT2D eigenvalue weighted by atomic mass is 35.5. The van der Waals surface area contributed by atoms with E-state index in [1.165, 1.54) is 6.07 Å². The zero-order valence-electron chi connectivity index (χ0n) is 15.5. The average molecular weight is 413 g/mol. The van der Waals surface area contributed by atoms with E-state index in [2.05, 4.69) is 15.2 Å². The van der Waals surface area contributed by atoms with Crippen LogP contribution in [0.4, 0.5) is 14.5 Å². The maximum Gasteiger partial charge on any atom is 0.387 e. The highest BCUT2D eigenvalue weighted by Crippen LogP contribution is 2.35. The van der Waals surface area contributed by atoms with Gasteiger partial charge in [0.1, 0.15) is 5.75 Å². The molecule has 1 amide bonds. The second-order valence-corrected chi connectivity index (χ2v) is 7.08. The Labute approximate surface area is 168 Å². The number of rotatable bonds is 4. The Morgan fingerprint density at radius 1 is 1.36 bits per heavy atom. The van der Waals surface area contributed by atoms with E-state index in [0.717, 1.165) is 36.2 Å². The smallest absolute Gasteiger partial charge is 0.387 e. The Bertz CT molecular complexity index is 845. The summed E-state index contributed by atoms with van der Waals surface area (Å²) in [5.74, 6) is 0.112. The molecule has 2 aliphatic rings. The molecule has 9 heteroatoms. The van der Waals surface area contributed by atoms with Crippen LogP contribution in [0.2, 0.25) is 0 Å². The van der Waals surface area contributed by atoms with Crippen LogP contribution in [-0.4, -0.2) is 41.9 Å². The molecule has 0 unspecified atom stereocenters. The number of halogens is 3. The van der Waals surface area contributed by atoms with Crippen LogP contribution in [0.1, 0.15) is 23.5 Å². The van der Waals surface area contributed by atoms with E-state index in [1.807, 2.05) is 19.4 Å². The molecular formula is C19H23ClF2N4O2. The molecule has 2 aromatic rings. The lowest BCUT2D eigenvalue weighted by atomic mass is 9.88. The molecule has 0 aliphatic carbocycles. The van der Waals surface area contributed by atoms with E-state index in [1.54, 1.807) is 21.7 Å². The van der Waals surface area contributed by atoms with E-state index in [-0.39, 0.29) is 35.9 Å². The van der Waals surface area contributed by atoms with Crippen molar-refractivity contribution >= 4 is 24.0 Å². The molecular weight excluding hydrogens is 390 g/mol. The molecule has 1 N–H and O–H groups in total. The summed E-state index contributed by atoms with van der Waals surface area (Å²) >= 11 is 0. The third-order valence-corrected chi connectivity index (χ3v) is 5.35. The van der Waals surface area contributed by atoms with Crippen LogP contribution < -0.4 is 15.0 Å². The Kier molecular flexibility index (Phi) is 6.20. The zero-order chi connectivity index (χ0) is 19.0. The van der Waals surface area contributed by atoms with Crippen LogP contribution in [0.25, 0.3) is 0 Å². The fourth-order valence-corrected chi connectivity index (χ4v) is 4.10. The topological polar surface area (TPSA) is 59.4 Å². The third kappa shape index (κ3) is 3.98. The summed E-state index contributed by atoms with van der Waals surface area (Å²) in [5, 5.41) is 7.54. The maximum absolute atomic E-state index is 13.3. The summed E-state index contributed by atoms with van der Waals surface area (Å²) in [6, 6.07) is 4.83. The van der Waals surface area contributed by atoms with Crippen molar-refractivity contribution in [3.63, 3.8) is 0 Å². The fourth-order valence-electron chi connectivity index (χ4n) is 4.10. The lowest BCUT2D eigenvalue weighted by molar-refractivity contribution is -0.122. The van der Waals surface area contributed by atoms with Crippen LogP contribution in [-0.2, 0) is 18.3 Å². The second-order valence-electron chi connectivity index (χ2n) is 7.08. The van der Waals surface area contributed by atoms with Crippen molar-refractivity contribution in [1.29, 1.82) is 0 Å². The molecule has 0 spiro atoms. The number of alkyl halides is 2. The number of amides is 1. The number of anilines is 1. The summed E-state index contributed by atoms with van der Waals surface area (Å²) in [5.41, 5.74) is 2.72. The molecule has 0 saturated carbocycles. The summed E-state index contributed by atoms with van der Waals surface area (Å²) in [7, 11) is 1.86. The van der Waals surface area contributed by atoms with Gasteiger partial charge in [0, 0.05) is 44.5 Å². The molecule has 1 fully saturated rings. The van der Waals surface area contributed by atoms with E-state index in [4.69, 9.17) is 0 Å². The van der Waals surface area contributed by atoms with E-state index < -0.39 is 6.61 Å². The van der Waals surface area contributed by atoms with Gasteiger partial charge >= 0.3 is 6.61 Å². The number of benzene rings is 1. The average Bonchev–Trinajstić information content (AvgIpc) is 3.28. The van der Waals surface area contributed by atoms with Gasteiger partial charge < -0.3 is 15.0 Å². The molecule has 2 atom stereocenters. The highest BCUT2D eigenvalue weighted by molar-refractivity contribution is 5.97. The van der Waals surface area contributed by atoms with E-state index >= 15 is 0 Å². The molecule has 4 rings (SSSR count). The number of carbonyl (C=O) groups excluding carboxylic acids is 1. The Morgan fingerprint density at radius 3 is 2.89 bits per heavy atom. The Balaban J connectivity index is 0.00000225. The first-order valence-electron chi connectivity index (χ1n) is 9.11. The molecule has 28 heavy (non-hydrogen) atoms. The van der Waals surface area contributed by atoms with Gasteiger partial charge in [-0.3, -0.25) is 9.48 Å². The minimum absolute atomic E-state index is 0. The number of aryl methyl sites for hydroxylation is 2. The fraction of sp³-hybridized carbons (Fsp3) is 0.474. The number of carbonyl (C=O) groups is 1. The van der Waals surface area contributed by atoms with Gasteiger partial charge in [0.25, 0.3) is 0 Å². The predicted molar refractivity (Wildman–Crippen MR) is 103 cm³/mol. The number of nitrogens with zero attached hydrogens (tertiary/aromatic N) is 3. The molecule has 3 heterocycles. The summed E-state index contributed by atoms with van der Waals surface area (Å²) in [4.78, 5) is 15.1. The standard InChI is InChI=1S/C19H22F2N4O2.ClH/c1-24-11-13(8-23-24)15-9-22-10-16(15)18(26)25-6-2-3-12-7-14(27-19(20)21)4-5-17(12)25;/h4-5,7-8,11,15-16,19,22H,2-3,6,9-10H2,1H3;1H/t15-,16+;/m1./s1. The van der Waals surface area contributed by atoms with Crippen LogP contribution in [0.15, 0.2) is 30.6 Å². The van der Waals surface area contributed by atoms with Gasteiger partial charge in [-0.25, -0.2) is 0 Å². The lowest BCUT2D eigenvalue weighted by Crippen LogP contribution is -2.41. The molecule has 0 radical (unpaired) electrons. The van der Waals surface area contributed by atoms with Crippen molar-refractivity contribution < 1.29 is 18.3 Å². The Morgan fingerprint density at radius 2 is 2.18 bits per heavy atom. The van der Waals surface area contributed by atoms with Gasteiger partial charge in [-0.1, -0.05) is 0 Å². The van der Waals surface area contributed by atoms with Crippen LogP contribution in [0, 0.1) is 5.92 Å². The monoisotopic (exact) mass is 412 g/mol. The van der Waals surface area contributed by atoms with Crippen LogP contribution >= 0.6 is 12.4 Å². The first-order valence-corrected chi connectivity index (χ1v) is 9.11. The predicted octanol–water partition coefficient (Wildman–Crippen LogP) is 2.73. The molecule has 1 aromatic heterocycles. The van der Waals surface area contributed by atoms with Crippen molar-refractivity contribution in [2.75, 3.05) is 24.5 Å². The largest absolute Gasteiger partial charge is 0.435 e. The van der Waals surface area contributed by atoms with Gasteiger partial charge in [0.05, 0.1) is 12.1 Å². The number of ether oxygens (including phenoxy) is 1. The molecule has 2 aliphatic heterocycles. The molecule has 6 nitrogen and oxygen atoms in total. The van der Waals surface area contributed by atoms with Gasteiger partial charge in [-0.15, -0.1) is 12.4 Å². The third-order valence-electron chi connectivity index (χ3n) is 5.35. The molecule has 152 valence electrons. The van der Waals surface area contributed by atoms with Gasteiger partial charge in [0.2, 0.25) is 5.91 Å². The maximum atomic E-state index is 13.3. The number of hydrogen-bond acceptors (Lipinski definition) is 4. The van der Waals surface area contributed by atoms with Crippen LogP contribution in [0.5, 0.6) is 5.75 Å². The van der Waals surface area contributed by atoms with Crippen molar-refractivity contribution in [3.05, 3.63) is 41.7 Å². The lowest BCUT2D eigenvalue weighted by Gasteiger charge is -2.33. The highest BCUT2D eigenvalue weighted by Gasteiger charge is 2.38. The van der Waals surface area contributed by atoms with E-state index in [0.29, 0.717) is 13.1 Å². The molecule has 1 saturated heterocycles. The quantitative estimate of drug-likeness (QED) is 0.838. The zero-order valence-corrected chi connectivity index (χ0v) is 16.3.